The molecule has 0 spiro atoms. The van der Waals surface area contributed by atoms with E-state index in [2.05, 4.69) is 15.5 Å². The van der Waals surface area contributed by atoms with Crippen LogP contribution >= 0.6 is 0 Å². The number of para-hydroxylation sites is 1. The molecular formula is C15H17N3O2. The number of ether oxygens (including phenoxy) is 1. The molecule has 2 N–H and O–H groups in total. The molecule has 1 aliphatic rings. The van der Waals surface area contributed by atoms with Gasteiger partial charge in [0.1, 0.15) is 12.4 Å². The highest BCUT2D eigenvalue weighted by Crippen LogP contribution is 2.26. The van der Waals surface area contributed by atoms with Crippen molar-refractivity contribution in [3.05, 3.63) is 47.3 Å². The minimum atomic E-state index is -0.134. The first kappa shape index (κ1) is 12.7. The van der Waals surface area contributed by atoms with Gasteiger partial charge in [-0.3, -0.25) is 9.89 Å². The SMILES string of the molecule is Cc1cc(CNC(=O)[C@H]2COc3ccccc3C2)n[nH]1. The maximum Gasteiger partial charge on any atom is 0.227 e. The first-order valence-corrected chi connectivity index (χ1v) is 6.71. The van der Waals surface area contributed by atoms with Crippen LogP contribution in [0.2, 0.25) is 0 Å². The molecule has 2 heterocycles. The predicted molar refractivity (Wildman–Crippen MR) is 74.3 cm³/mol. The molecular weight excluding hydrogens is 254 g/mol. The molecule has 3 rings (SSSR count). The molecule has 0 aliphatic carbocycles. The fourth-order valence-electron chi connectivity index (χ4n) is 2.38. The number of carbonyl (C=O) groups is 1. The molecule has 0 saturated carbocycles. The summed E-state index contributed by atoms with van der Waals surface area (Å²) in [6, 6.07) is 9.78. The Balaban J connectivity index is 1.59. The van der Waals surface area contributed by atoms with E-state index in [4.69, 9.17) is 4.74 Å². The zero-order valence-corrected chi connectivity index (χ0v) is 11.3. The minimum Gasteiger partial charge on any atom is -0.492 e. The van der Waals surface area contributed by atoms with Crippen molar-refractivity contribution >= 4 is 5.91 Å². The van der Waals surface area contributed by atoms with Crippen LogP contribution in [0.25, 0.3) is 0 Å². The van der Waals surface area contributed by atoms with Crippen LogP contribution in [-0.4, -0.2) is 22.7 Å². The quantitative estimate of drug-likeness (QED) is 0.890. The van der Waals surface area contributed by atoms with Crippen molar-refractivity contribution < 1.29 is 9.53 Å². The maximum absolute atomic E-state index is 12.2. The third-order valence-electron chi connectivity index (χ3n) is 3.45. The summed E-state index contributed by atoms with van der Waals surface area (Å²) in [6.45, 7) is 2.81. The first-order chi connectivity index (χ1) is 9.72. The smallest absolute Gasteiger partial charge is 0.227 e. The number of benzene rings is 1. The topological polar surface area (TPSA) is 67.0 Å². The van der Waals surface area contributed by atoms with Crippen LogP contribution in [0.3, 0.4) is 0 Å². The Labute approximate surface area is 117 Å². The Morgan fingerprint density at radius 1 is 1.50 bits per heavy atom. The standard InChI is InChI=1S/C15H17N3O2/c1-10-6-13(18-17-10)8-16-15(19)12-7-11-4-2-3-5-14(11)20-9-12/h2-6,12H,7-9H2,1H3,(H,16,19)(H,17,18)/t12-/m1/s1. The summed E-state index contributed by atoms with van der Waals surface area (Å²) in [5.74, 6) is 0.768. The summed E-state index contributed by atoms with van der Waals surface area (Å²) in [5, 5.41) is 9.87. The van der Waals surface area contributed by atoms with Gasteiger partial charge in [0, 0.05) is 5.69 Å². The summed E-state index contributed by atoms with van der Waals surface area (Å²) < 4.78 is 5.63. The van der Waals surface area contributed by atoms with Crippen molar-refractivity contribution in [2.75, 3.05) is 6.61 Å². The van der Waals surface area contributed by atoms with Gasteiger partial charge in [0.25, 0.3) is 0 Å². The number of fused-ring (bicyclic) bond motifs is 1. The van der Waals surface area contributed by atoms with Gasteiger partial charge in [-0.2, -0.15) is 5.10 Å². The number of hydrogen-bond acceptors (Lipinski definition) is 3. The number of rotatable bonds is 3. The highest BCUT2D eigenvalue weighted by Gasteiger charge is 2.25. The van der Waals surface area contributed by atoms with Crippen molar-refractivity contribution in [2.24, 2.45) is 5.92 Å². The normalized spacial score (nSPS) is 17.1. The molecule has 20 heavy (non-hydrogen) atoms. The third-order valence-corrected chi connectivity index (χ3v) is 3.45. The molecule has 1 atom stereocenters. The molecule has 1 amide bonds. The number of hydrogen-bond donors (Lipinski definition) is 2. The molecule has 1 aromatic carbocycles. The van der Waals surface area contributed by atoms with Gasteiger partial charge in [0.05, 0.1) is 18.2 Å². The van der Waals surface area contributed by atoms with E-state index in [0.29, 0.717) is 13.2 Å². The fourth-order valence-corrected chi connectivity index (χ4v) is 2.38. The summed E-state index contributed by atoms with van der Waals surface area (Å²) in [5.41, 5.74) is 2.92. The number of carbonyl (C=O) groups excluding carboxylic acids is 1. The molecule has 2 aromatic rings. The van der Waals surface area contributed by atoms with E-state index in [1.54, 1.807) is 0 Å². The molecule has 0 bridgehead atoms. The molecule has 0 saturated heterocycles. The Kier molecular flexibility index (Phi) is 3.41. The van der Waals surface area contributed by atoms with Crippen LogP contribution in [0.5, 0.6) is 5.75 Å². The largest absolute Gasteiger partial charge is 0.492 e. The Hall–Kier alpha value is -2.30. The number of nitrogens with zero attached hydrogens (tertiary/aromatic N) is 1. The van der Waals surface area contributed by atoms with Crippen molar-refractivity contribution in [2.45, 2.75) is 19.9 Å². The second-order valence-electron chi connectivity index (χ2n) is 5.08. The number of H-pyrrole nitrogens is 1. The lowest BCUT2D eigenvalue weighted by atomic mass is 9.96. The van der Waals surface area contributed by atoms with Gasteiger partial charge in [-0.05, 0) is 31.0 Å². The van der Waals surface area contributed by atoms with Crippen LogP contribution in [0.4, 0.5) is 0 Å². The van der Waals surface area contributed by atoms with Crippen LogP contribution in [0.15, 0.2) is 30.3 Å². The van der Waals surface area contributed by atoms with Gasteiger partial charge >= 0.3 is 0 Å². The van der Waals surface area contributed by atoms with Crippen molar-refractivity contribution in [1.29, 1.82) is 0 Å². The molecule has 0 fully saturated rings. The second-order valence-corrected chi connectivity index (χ2v) is 5.08. The van der Waals surface area contributed by atoms with Crippen molar-refractivity contribution in [3.63, 3.8) is 0 Å². The third kappa shape index (κ3) is 2.66. The summed E-state index contributed by atoms with van der Waals surface area (Å²) in [4.78, 5) is 12.2. The van der Waals surface area contributed by atoms with Crippen LogP contribution in [-0.2, 0) is 17.8 Å². The van der Waals surface area contributed by atoms with Crippen LogP contribution in [0, 0.1) is 12.8 Å². The Morgan fingerprint density at radius 2 is 2.35 bits per heavy atom. The maximum atomic E-state index is 12.2. The van der Waals surface area contributed by atoms with Gasteiger partial charge in [-0.25, -0.2) is 0 Å². The monoisotopic (exact) mass is 271 g/mol. The van der Waals surface area contributed by atoms with Crippen LogP contribution < -0.4 is 10.1 Å². The Bertz CT molecular complexity index is 621. The zero-order valence-electron chi connectivity index (χ0n) is 11.3. The lowest BCUT2D eigenvalue weighted by molar-refractivity contribution is -0.126. The highest BCUT2D eigenvalue weighted by atomic mass is 16.5. The van der Waals surface area contributed by atoms with Gasteiger partial charge in [0.15, 0.2) is 0 Å². The first-order valence-electron chi connectivity index (χ1n) is 6.71. The van der Waals surface area contributed by atoms with Crippen molar-refractivity contribution in [3.8, 4) is 5.75 Å². The van der Waals surface area contributed by atoms with Crippen molar-refractivity contribution in [1.82, 2.24) is 15.5 Å². The van der Waals surface area contributed by atoms with Gasteiger partial charge in [0.2, 0.25) is 5.91 Å². The number of aryl methyl sites for hydroxylation is 1. The molecule has 1 aliphatic heterocycles. The van der Waals surface area contributed by atoms with E-state index in [1.807, 2.05) is 37.3 Å². The average molecular weight is 271 g/mol. The second kappa shape index (κ2) is 5.36. The van der Waals surface area contributed by atoms with E-state index >= 15 is 0 Å². The predicted octanol–water partition coefficient (Wildman–Crippen LogP) is 1.59. The van der Waals surface area contributed by atoms with E-state index in [1.165, 1.54) is 0 Å². The molecule has 5 heteroatoms. The Morgan fingerprint density at radius 3 is 3.15 bits per heavy atom. The molecule has 0 unspecified atom stereocenters. The number of nitrogens with one attached hydrogen (secondary N) is 2. The van der Waals surface area contributed by atoms with E-state index < -0.39 is 0 Å². The molecule has 5 nitrogen and oxygen atoms in total. The number of aromatic nitrogens is 2. The zero-order chi connectivity index (χ0) is 13.9. The van der Waals surface area contributed by atoms with Gasteiger partial charge < -0.3 is 10.1 Å². The summed E-state index contributed by atoms with van der Waals surface area (Å²) in [7, 11) is 0. The van der Waals surface area contributed by atoms with E-state index in [-0.39, 0.29) is 11.8 Å². The van der Waals surface area contributed by atoms with Gasteiger partial charge in [-0.1, -0.05) is 18.2 Å². The highest BCUT2D eigenvalue weighted by molar-refractivity contribution is 5.79. The summed E-state index contributed by atoms with van der Waals surface area (Å²) >= 11 is 0. The summed E-state index contributed by atoms with van der Waals surface area (Å²) in [6.07, 6.45) is 0.724. The molecule has 104 valence electrons. The molecule has 0 radical (unpaired) electrons. The lowest BCUT2D eigenvalue weighted by Gasteiger charge is -2.24. The fraction of sp³-hybridized carbons (Fsp3) is 0.333. The molecule has 1 aromatic heterocycles. The van der Waals surface area contributed by atoms with Crippen LogP contribution in [0.1, 0.15) is 17.0 Å². The minimum absolute atomic E-state index is 0.0140. The van der Waals surface area contributed by atoms with E-state index in [0.717, 1.165) is 29.1 Å². The lowest BCUT2D eigenvalue weighted by Crippen LogP contribution is -2.37. The number of amides is 1. The van der Waals surface area contributed by atoms with Gasteiger partial charge in [-0.15, -0.1) is 0 Å². The average Bonchev–Trinajstić information content (AvgIpc) is 2.90. The van der Waals surface area contributed by atoms with E-state index in [9.17, 15) is 4.79 Å². The number of aromatic amines is 1.